The molecule has 0 saturated carbocycles. The van der Waals surface area contributed by atoms with E-state index in [0.29, 0.717) is 6.54 Å². The number of aryl methyl sites for hydroxylation is 1. The molecule has 1 rings (SSSR count). The summed E-state index contributed by atoms with van der Waals surface area (Å²) in [5.41, 5.74) is 7.99. The first-order valence-electron chi connectivity index (χ1n) is 5.20. The Morgan fingerprint density at radius 3 is 2.60 bits per heavy atom. The van der Waals surface area contributed by atoms with Crippen molar-refractivity contribution in [1.82, 2.24) is 0 Å². The minimum atomic E-state index is 0.181. The van der Waals surface area contributed by atoms with Crippen molar-refractivity contribution in [3.63, 3.8) is 0 Å². The molecule has 3 heteroatoms. The summed E-state index contributed by atoms with van der Waals surface area (Å²) in [6.45, 7) is 6.77. The van der Waals surface area contributed by atoms with Crippen molar-refractivity contribution >= 4 is 15.9 Å². The standard InChI is InChI=1S/C12H18BrNO/c1-8(2)15-12-10(4-5-14)6-9(3)7-11(12)13/h6-8H,4-5,14H2,1-3H3. The first-order chi connectivity index (χ1) is 7.04. The quantitative estimate of drug-likeness (QED) is 0.914. The van der Waals surface area contributed by atoms with E-state index in [9.17, 15) is 0 Å². The van der Waals surface area contributed by atoms with Gasteiger partial charge < -0.3 is 10.5 Å². The van der Waals surface area contributed by atoms with Gasteiger partial charge in [-0.15, -0.1) is 0 Å². The molecule has 0 saturated heterocycles. The summed E-state index contributed by atoms with van der Waals surface area (Å²) in [6.07, 6.45) is 1.03. The fourth-order valence-corrected chi connectivity index (χ4v) is 2.22. The van der Waals surface area contributed by atoms with Crippen LogP contribution < -0.4 is 10.5 Å². The summed E-state index contributed by atoms with van der Waals surface area (Å²) in [5, 5.41) is 0. The van der Waals surface area contributed by atoms with Crippen molar-refractivity contribution in [1.29, 1.82) is 0 Å². The zero-order valence-corrected chi connectivity index (χ0v) is 11.1. The molecule has 0 amide bonds. The summed E-state index contributed by atoms with van der Waals surface area (Å²) < 4.78 is 6.79. The predicted octanol–water partition coefficient (Wildman–Crippen LogP) is 3.05. The molecule has 0 radical (unpaired) electrons. The van der Waals surface area contributed by atoms with Crippen molar-refractivity contribution in [3.05, 3.63) is 27.7 Å². The van der Waals surface area contributed by atoms with Crippen LogP contribution in [0, 0.1) is 6.92 Å². The SMILES string of the molecule is Cc1cc(Br)c(OC(C)C)c(CCN)c1. The van der Waals surface area contributed by atoms with Crippen molar-refractivity contribution < 1.29 is 4.74 Å². The van der Waals surface area contributed by atoms with Crippen LogP contribution in [-0.2, 0) is 6.42 Å². The van der Waals surface area contributed by atoms with Crippen LogP contribution in [0.4, 0.5) is 0 Å². The summed E-state index contributed by atoms with van der Waals surface area (Å²) >= 11 is 3.53. The lowest BCUT2D eigenvalue weighted by Gasteiger charge is -2.16. The van der Waals surface area contributed by atoms with Gasteiger partial charge in [0.15, 0.2) is 0 Å². The molecule has 0 aliphatic heterocycles. The third-order valence-electron chi connectivity index (χ3n) is 2.03. The minimum absolute atomic E-state index is 0.181. The van der Waals surface area contributed by atoms with Gasteiger partial charge in [-0.2, -0.15) is 0 Å². The number of nitrogens with two attached hydrogens (primary N) is 1. The van der Waals surface area contributed by atoms with E-state index in [0.717, 1.165) is 16.6 Å². The molecule has 1 aromatic carbocycles. The summed E-state index contributed by atoms with van der Waals surface area (Å²) in [6, 6.07) is 4.20. The van der Waals surface area contributed by atoms with Crippen LogP contribution in [0.25, 0.3) is 0 Å². The Kier molecular flexibility index (Phi) is 4.61. The highest BCUT2D eigenvalue weighted by molar-refractivity contribution is 9.10. The second-order valence-electron chi connectivity index (χ2n) is 3.94. The van der Waals surface area contributed by atoms with Gasteiger partial charge in [0, 0.05) is 0 Å². The van der Waals surface area contributed by atoms with E-state index < -0.39 is 0 Å². The third-order valence-corrected chi connectivity index (χ3v) is 2.62. The highest BCUT2D eigenvalue weighted by Gasteiger charge is 2.10. The van der Waals surface area contributed by atoms with Gasteiger partial charge in [-0.25, -0.2) is 0 Å². The van der Waals surface area contributed by atoms with Gasteiger partial charge in [0.2, 0.25) is 0 Å². The average molecular weight is 272 g/mol. The third kappa shape index (κ3) is 3.50. The number of benzene rings is 1. The molecular weight excluding hydrogens is 254 g/mol. The van der Waals surface area contributed by atoms with Crippen LogP contribution in [0.2, 0.25) is 0 Å². The molecule has 1 aromatic rings. The molecule has 2 N–H and O–H groups in total. The van der Waals surface area contributed by atoms with Crippen molar-refractivity contribution in [2.75, 3.05) is 6.54 Å². The molecule has 84 valence electrons. The Bertz CT molecular complexity index is 337. The molecule has 2 nitrogen and oxygen atoms in total. The lowest BCUT2D eigenvalue weighted by Crippen LogP contribution is -2.11. The van der Waals surface area contributed by atoms with Gasteiger partial charge in [0.05, 0.1) is 10.6 Å². The van der Waals surface area contributed by atoms with Crippen molar-refractivity contribution in [3.8, 4) is 5.75 Å². The monoisotopic (exact) mass is 271 g/mol. The van der Waals surface area contributed by atoms with E-state index in [4.69, 9.17) is 10.5 Å². The van der Waals surface area contributed by atoms with Gasteiger partial charge >= 0.3 is 0 Å². The summed E-state index contributed by atoms with van der Waals surface area (Å²) in [7, 11) is 0. The predicted molar refractivity (Wildman–Crippen MR) is 67.4 cm³/mol. The molecule has 0 heterocycles. The van der Waals surface area contributed by atoms with E-state index in [2.05, 4.69) is 35.0 Å². The second-order valence-corrected chi connectivity index (χ2v) is 4.79. The number of rotatable bonds is 4. The maximum absolute atomic E-state index is 5.78. The summed E-state index contributed by atoms with van der Waals surface area (Å²) in [5.74, 6) is 0.932. The highest BCUT2D eigenvalue weighted by atomic mass is 79.9. The van der Waals surface area contributed by atoms with Crippen LogP contribution in [0.5, 0.6) is 5.75 Å². The van der Waals surface area contributed by atoms with Gasteiger partial charge in [0.1, 0.15) is 5.75 Å². The van der Waals surface area contributed by atoms with E-state index in [1.54, 1.807) is 0 Å². The Morgan fingerprint density at radius 2 is 2.07 bits per heavy atom. The molecule has 0 unspecified atom stereocenters. The molecule has 0 spiro atoms. The minimum Gasteiger partial charge on any atom is -0.490 e. The van der Waals surface area contributed by atoms with Gasteiger partial charge in [-0.05, 0) is 66.9 Å². The van der Waals surface area contributed by atoms with Gasteiger partial charge in [-0.3, -0.25) is 0 Å². The van der Waals surface area contributed by atoms with Crippen LogP contribution in [-0.4, -0.2) is 12.6 Å². The Balaban J connectivity index is 3.08. The molecule has 0 aliphatic carbocycles. The molecule has 0 aromatic heterocycles. The Hall–Kier alpha value is -0.540. The van der Waals surface area contributed by atoms with E-state index >= 15 is 0 Å². The van der Waals surface area contributed by atoms with Crippen molar-refractivity contribution in [2.45, 2.75) is 33.3 Å². The molecular formula is C12H18BrNO. The molecule has 0 bridgehead atoms. The second kappa shape index (κ2) is 5.52. The fraction of sp³-hybridized carbons (Fsp3) is 0.500. The normalized spacial score (nSPS) is 10.8. The maximum Gasteiger partial charge on any atom is 0.137 e. The first kappa shape index (κ1) is 12.5. The number of ether oxygens (including phenoxy) is 1. The van der Waals surface area contributed by atoms with E-state index in [1.807, 2.05) is 13.8 Å². The molecule has 0 fully saturated rings. The highest BCUT2D eigenvalue weighted by Crippen LogP contribution is 2.31. The maximum atomic E-state index is 5.78. The fourth-order valence-electron chi connectivity index (χ4n) is 1.51. The average Bonchev–Trinajstić information content (AvgIpc) is 2.11. The molecule has 15 heavy (non-hydrogen) atoms. The van der Waals surface area contributed by atoms with Crippen LogP contribution >= 0.6 is 15.9 Å². The Labute approximate surface area is 99.9 Å². The Morgan fingerprint density at radius 1 is 1.40 bits per heavy atom. The number of hydrogen-bond acceptors (Lipinski definition) is 2. The van der Waals surface area contributed by atoms with Crippen molar-refractivity contribution in [2.24, 2.45) is 5.73 Å². The van der Waals surface area contributed by atoms with E-state index in [1.165, 1.54) is 11.1 Å². The van der Waals surface area contributed by atoms with Crippen LogP contribution in [0.15, 0.2) is 16.6 Å². The van der Waals surface area contributed by atoms with Gasteiger partial charge in [-0.1, -0.05) is 6.07 Å². The van der Waals surface area contributed by atoms with Crippen LogP contribution in [0.3, 0.4) is 0 Å². The van der Waals surface area contributed by atoms with E-state index in [-0.39, 0.29) is 6.10 Å². The number of halogens is 1. The lowest BCUT2D eigenvalue weighted by atomic mass is 10.1. The van der Waals surface area contributed by atoms with Gasteiger partial charge in [0.25, 0.3) is 0 Å². The zero-order valence-electron chi connectivity index (χ0n) is 9.51. The lowest BCUT2D eigenvalue weighted by molar-refractivity contribution is 0.238. The molecule has 0 atom stereocenters. The topological polar surface area (TPSA) is 35.2 Å². The number of hydrogen-bond donors (Lipinski definition) is 1. The van der Waals surface area contributed by atoms with Crippen LogP contribution in [0.1, 0.15) is 25.0 Å². The molecule has 0 aliphatic rings. The zero-order chi connectivity index (χ0) is 11.4. The smallest absolute Gasteiger partial charge is 0.137 e. The largest absolute Gasteiger partial charge is 0.490 e. The summed E-state index contributed by atoms with van der Waals surface area (Å²) in [4.78, 5) is 0. The first-order valence-corrected chi connectivity index (χ1v) is 5.99.